The minimum Gasteiger partial charge on any atom is -0.493 e. The van der Waals surface area contributed by atoms with Crippen molar-refractivity contribution < 1.29 is 28.6 Å². The summed E-state index contributed by atoms with van der Waals surface area (Å²) in [5.41, 5.74) is 5.94. The van der Waals surface area contributed by atoms with Gasteiger partial charge in [-0.25, -0.2) is 5.43 Å². The van der Waals surface area contributed by atoms with E-state index in [1.165, 1.54) is 13.3 Å². The highest BCUT2D eigenvalue weighted by Gasteiger charge is 2.13. The Kier molecular flexibility index (Phi) is 10.2. The van der Waals surface area contributed by atoms with Crippen molar-refractivity contribution in [3.63, 3.8) is 0 Å². The summed E-state index contributed by atoms with van der Waals surface area (Å²) < 4.78 is 16.3. The molecule has 10 heteroatoms. The average molecular weight is 531 g/mol. The van der Waals surface area contributed by atoms with Gasteiger partial charge in [0.05, 0.1) is 13.3 Å². The van der Waals surface area contributed by atoms with Gasteiger partial charge in [0.25, 0.3) is 5.91 Å². The third-order valence-corrected chi connectivity index (χ3v) is 5.12. The first-order valence-corrected chi connectivity index (χ1v) is 11.9. The predicted molar refractivity (Wildman–Crippen MR) is 150 cm³/mol. The third kappa shape index (κ3) is 9.04. The van der Waals surface area contributed by atoms with Gasteiger partial charge in [-0.2, -0.15) is 5.10 Å². The number of carbonyl (C=O) groups is 3. The van der Waals surface area contributed by atoms with Crippen LogP contribution in [0.15, 0.2) is 78.4 Å². The van der Waals surface area contributed by atoms with Crippen molar-refractivity contribution in [3.8, 4) is 17.2 Å². The molecule has 0 saturated heterocycles. The largest absolute Gasteiger partial charge is 0.493 e. The van der Waals surface area contributed by atoms with E-state index in [2.05, 4.69) is 27.7 Å². The topological polar surface area (TPSA) is 127 Å². The molecule has 3 N–H and O–H groups in total. The van der Waals surface area contributed by atoms with Crippen LogP contribution < -0.4 is 30.3 Å². The molecule has 0 aliphatic carbocycles. The number of hydrogen-bond acceptors (Lipinski definition) is 7. The Bertz CT molecular complexity index is 1350. The lowest BCUT2D eigenvalue weighted by Gasteiger charge is -2.12. The van der Waals surface area contributed by atoms with Crippen molar-refractivity contribution in [3.05, 3.63) is 90.0 Å². The number of hydrogen-bond donors (Lipinski definition) is 3. The van der Waals surface area contributed by atoms with Crippen LogP contribution >= 0.6 is 0 Å². The van der Waals surface area contributed by atoms with E-state index in [1.807, 2.05) is 32.0 Å². The highest BCUT2D eigenvalue weighted by atomic mass is 16.5. The number of nitrogens with one attached hydrogen (secondary N) is 3. The van der Waals surface area contributed by atoms with Crippen molar-refractivity contribution in [2.75, 3.05) is 31.0 Å². The van der Waals surface area contributed by atoms with E-state index in [0.29, 0.717) is 40.8 Å². The van der Waals surface area contributed by atoms with Gasteiger partial charge in [0, 0.05) is 11.4 Å². The number of rotatable bonds is 11. The van der Waals surface area contributed by atoms with Gasteiger partial charge < -0.3 is 24.8 Å². The minimum atomic E-state index is -0.944. The molecule has 0 aliphatic heterocycles. The molecule has 0 unspecified atom stereocenters. The fourth-order valence-corrected chi connectivity index (χ4v) is 3.46. The maximum absolute atomic E-state index is 12.3. The lowest BCUT2D eigenvalue weighted by atomic mass is 10.1. The fourth-order valence-electron chi connectivity index (χ4n) is 3.46. The molecule has 3 rings (SSSR count). The van der Waals surface area contributed by atoms with E-state index in [1.54, 1.807) is 48.5 Å². The summed E-state index contributed by atoms with van der Waals surface area (Å²) in [7, 11) is 1.46. The number of carbonyl (C=O) groups excluding carboxylic acids is 3. The van der Waals surface area contributed by atoms with Crippen LogP contribution in [0.1, 0.15) is 16.7 Å². The third-order valence-electron chi connectivity index (χ3n) is 5.12. The molecule has 3 amide bonds. The molecule has 0 atom stereocenters. The summed E-state index contributed by atoms with van der Waals surface area (Å²) >= 11 is 0. The van der Waals surface area contributed by atoms with Crippen LogP contribution in [-0.4, -0.2) is 44.3 Å². The van der Waals surface area contributed by atoms with Crippen molar-refractivity contribution >= 4 is 35.3 Å². The summed E-state index contributed by atoms with van der Waals surface area (Å²) in [5, 5.41) is 9.10. The zero-order chi connectivity index (χ0) is 28.2. The molecule has 0 bridgehead atoms. The van der Waals surface area contributed by atoms with Crippen LogP contribution in [0.3, 0.4) is 0 Å². The highest BCUT2D eigenvalue weighted by molar-refractivity contribution is 6.39. The number of benzene rings is 3. The second kappa shape index (κ2) is 14.0. The van der Waals surface area contributed by atoms with Crippen LogP contribution in [0.2, 0.25) is 0 Å². The minimum absolute atomic E-state index is 0.216. The smallest absolute Gasteiger partial charge is 0.329 e. The van der Waals surface area contributed by atoms with Crippen molar-refractivity contribution in [2.24, 2.45) is 5.10 Å². The Morgan fingerprint density at radius 3 is 2.23 bits per heavy atom. The zero-order valence-electron chi connectivity index (χ0n) is 21.9. The Morgan fingerprint density at radius 1 is 0.846 bits per heavy atom. The van der Waals surface area contributed by atoms with Crippen molar-refractivity contribution in [1.29, 1.82) is 0 Å². The summed E-state index contributed by atoms with van der Waals surface area (Å²) in [6, 6.07) is 17.2. The number of anilines is 2. The number of methoxy groups -OCH3 is 1. The predicted octanol–water partition coefficient (Wildman–Crippen LogP) is 3.98. The molecule has 0 spiro atoms. The van der Waals surface area contributed by atoms with Crippen LogP contribution in [0.4, 0.5) is 11.4 Å². The normalized spacial score (nSPS) is 10.4. The van der Waals surface area contributed by atoms with Crippen LogP contribution in [0.25, 0.3) is 0 Å². The monoisotopic (exact) mass is 530 g/mol. The van der Waals surface area contributed by atoms with Crippen molar-refractivity contribution in [1.82, 2.24) is 5.43 Å². The molecular weight excluding hydrogens is 500 g/mol. The second-order valence-electron chi connectivity index (χ2n) is 8.40. The van der Waals surface area contributed by atoms with E-state index in [-0.39, 0.29) is 12.5 Å². The first kappa shape index (κ1) is 28.5. The van der Waals surface area contributed by atoms with E-state index < -0.39 is 11.8 Å². The SMILES string of the molecule is C=CCOc1ccc(NC(=O)C(=O)N/N=C\c2ccc(OCC(=O)Nc3cc(C)cc(C)c3)c(OC)c2)cc1. The second-order valence-corrected chi connectivity index (χ2v) is 8.40. The number of nitrogens with zero attached hydrogens (tertiary/aromatic N) is 1. The average Bonchev–Trinajstić information content (AvgIpc) is 2.91. The Hall–Kier alpha value is -5.12. The molecule has 0 saturated carbocycles. The van der Waals surface area contributed by atoms with Gasteiger partial charge in [-0.1, -0.05) is 18.7 Å². The molecule has 0 heterocycles. The number of ether oxygens (including phenoxy) is 3. The zero-order valence-corrected chi connectivity index (χ0v) is 21.9. The fraction of sp³-hybridized carbons (Fsp3) is 0.172. The number of aryl methyl sites for hydroxylation is 2. The first-order valence-electron chi connectivity index (χ1n) is 11.9. The molecule has 3 aromatic rings. The molecule has 0 aliphatic rings. The molecule has 39 heavy (non-hydrogen) atoms. The summed E-state index contributed by atoms with van der Waals surface area (Å²) in [5.74, 6) is -0.815. The van der Waals surface area contributed by atoms with Gasteiger partial charge in [0.15, 0.2) is 18.1 Å². The number of amides is 3. The summed E-state index contributed by atoms with van der Waals surface area (Å²) in [4.78, 5) is 36.5. The van der Waals surface area contributed by atoms with E-state index in [0.717, 1.165) is 11.1 Å². The Morgan fingerprint density at radius 2 is 1.56 bits per heavy atom. The summed E-state index contributed by atoms with van der Waals surface area (Å²) in [6.45, 7) is 7.63. The molecule has 0 radical (unpaired) electrons. The van der Waals surface area contributed by atoms with Gasteiger partial charge in [-0.15, -0.1) is 0 Å². The van der Waals surface area contributed by atoms with Crippen LogP contribution in [0, 0.1) is 13.8 Å². The first-order chi connectivity index (χ1) is 18.8. The molecule has 202 valence electrons. The standard InChI is InChI=1S/C29H30N4O6/c1-5-12-38-24-9-7-22(8-10-24)32-28(35)29(36)33-30-17-21-6-11-25(26(16-21)37-4)39-18-27(34)31-23-14-19(2)13-20(3)15-23/h5-11,13-17H,1,12,18H2,2-4H3,(H,31,34)(H,32,35)(H,33,36)/b30-17-. The quantitative estimate of drug-likeness (QED) is 0.149. The maximum atomic E-state index is 12.3. The van der Waals surface area contributed by atoms with E-state index >= 15 is 0 Å². The van der Waals surface area contributed by atoms with E-state index in [4.69, 9.17) is 14.2 Å². The molecule has 3 aromatic carbocycles. The van der Waals surface area contributed by atoms with Gasteiger partial charge in [0.1, 0.15) is 12.4 Å². The van der Waals surface area contributed by atoms with Crippen LogP contribution in [0.5, 0.6) is 17.2 Å². The van der Waals surface area contributed by atoms with Crippen molar-refractivity contribution in [2.45, 2.75) is 13.8 Å². The van der Waals surface area contributed by atoms with Gasteiger partial charge in [0.2, 0.25) is 0 Å². The van der Waals surface area contributed by atoms with Gasteiger partial charge in [-0.05, 0) is 85.1 Å². The van der Waals surface area contributed by atoms with E-state index in [9.17, 15) is 14.4 Å². The Labute approximate surface area is 226 Å². The van der Waals surface area contributed by atoms with Gasteiger partial charge in [-0.3, -0.25) is 14.4 Å². The maximum Gasteiger partial charge on any atom is 0.329 e. The Balaban J connectivity index is 1.50. The molecule has 0 aromatic heterocycles. The van der Waals surface area contributed by atoms with Gasteiger partial charge >= 0.3 is 11.8 Å². The summed E-state index contributed by atoms with van der Waals surface area (Å²) in [6.07, 6.45) is 2.96. The lowest BCUT2D eigenvalue weighted by Crippen LogP contribution is -2.32. The lowest BCUT2D eigenvalue weighted by molar-refractivity contribution is -0.136. The molecule has 0 fully saturated rings. The molecule has 10 nitrogen and oxygen atoms in total. The molecular formula is C29H30N4O6. The van der Waals surface area contributed by atoms with Crippen LogP contribution in [-0.2, 0) is 14.4 Å². The highest BCUT2D eigenvalue weighted by Crippen LogP contribution is 2.27. The number of hydrazone groups is 1.